The summed E-state index contributed by atoms with van der Waals surface area (Å²) in [6.45, 7) is 0. The highest BCUT2D eigenvalue weighted by atomic mass is 35.5. The number of hydrogen-bond donors (Lipinski definition) is 2. The van der Waals surface area contributed by atoms with Gasteiger partial charge in [-0.05, 0) is 35.9 Å². The lowest BCUT2D eigenvalue weighted by Crippen LogP contribution is -2.11. The Morgan fingerprint density at radius 3 is 3.06 bits per heavy atom. The van der Waals surface area contributed by atoms with Gasteiger partial charge in [0.2, 0.25) is 5.22 Å². The molecule has 2 aromatic heterocycles. The highest BCUT2D eigenvalue weighted by molar-refractivity contribution is 6.32. The van der Waals surface area contributed by atoms with Crippen LogP contribution in [0, 0.1) is 0 Å². The molecule has 6 heteroatoms. The first-order chi connectivity index (χ1) is 8.74. The first-order valence-corrected chi connectivity index (χ1v) is 5.59. The molecule has 2 heterocycles. The Morgan fingerprint density at radius 2 is 2.28 bits per heavy atom. The Morgan fingerprint density at radius 1 is 1.39 bits per heavy atom. The van der Waals surface area contributed by atoms with E-state index in [0.717, 1.165) is 10.9 Å². The van der Waals surface area contributed by atoms with Crippen molar-refractivity contribution in [3.8, 4) is 0 Å². The molecule has 3 aromatic rings. The van der Waals surface area contributed by atoms with E-state index in [4.69, 9.17) is 16.0 Å². The number of aromatic amines is 1. The molecule has 0 bridgehead atoms. The number of nitrogens with zero attached hydrogens (tertiary/aromatic N) is 1. The summed E-state index contributed by atoms with van der Waals surface area (Å²) in [6.07, 6.45) is 3.06. The van der Waals surface area contributed by atoms with Gasteiger partial charge >= 0.3 is 0 Å². The van der Waals surface area contributed by atoms with Crippen LogP contribution < -0.4 is 5.32 Å². The van der Waals surface area contributed by atoms with E-state index in [1.165, 1.54) is 12.3 Å². The minimum atomic E-state index is -0.309. The lowest BCUT2D eigenvalue weighted by atomic mass is 10.2. The van der Waals surface area contributed by atoms with Crippen LogP contribution in [0.1, 0.15) is 10.4 Å². The number of furan rings is 1. The molecule has 0 atom stereocenters. The third-order valence-corrected chi connectivity index (χ3v) is 2.85. The average Bonchev–Trinajstić information content (AvgIpc) is 2.96. The van der Waals surface area contributed by atoms with Gasteiger partial charge in [-0.25, -0.2) is 0 Å². The van der Waals surface area contributed by atoms with Gasteiger partial charge in [-0.15, -0.1) is 0 Å². The summed E-state index contributed by atoms with van der Waals surface area (Å²) in [4.78, 5) is 11.9. The van der Waals surface area contributed by atoms with Crippen LogP contribution in [-0.2, 0) is 0 Å². The summed E-state index contributed by atoms with van der Waals surface area (Å²) in [5.41, 5.74) is 1.89. The number of halogens is 1. The van der Waals surface area contributed by atoms with Gasteiger partial charge in [0.1, 0.15) is 0 Å². The molecular weight excluding hydrogens is 254 g/mol. The second kappa shape index (κ2) is 4.19. The Labute approximate surface area is 107 Å². The van der Waals surface area contributed by atoms with Crippen LogP contribution in [0.2, 0.25) is 5.22 Å². The molecule has 3 rings (SSSR count). The van der Waals surface area contributed by atoms with Crippen LogP contribution in [0.5, 0.6) is 0 Å². The molecule has 2 N–H and O–H groups in total. The Hall–Kier alpha value is -2.27. The molecule has 0 saturated carbocycles. The summed E-state index contributed by atoms with van der Waals surface area (Å²) < 4.78 is 4.87. The van der Waals surface area contributed by atoms with E-state index in [1.54, 1.807) is 12.3 Å². The smallest absolute Gasteiger partial charge is 0.260 e. The minimum absolute atomic E-state index is 0.0805. The van der Waals surface area contributed by atoms with Gasteiger partial charge in [0.15, 0.2) is 0 Å². The second-order valence-corrected chi connectivity index (χ2v) is 4.08. The number of carbonyl (C=O) groups is 1. The van der Waals surface area contributed by atoms with Crippen molar-refractivity contribution in [2.24, 2.45) is 0 Å². The number of nitrogens with one attached hydrogen (secondary N) is 2. The summed E-state index contributed by atoms with van der Waals surface area (Å²) in [5.74, 6) is -0.309. The van der Waals surface area contributed by atoms with E-state index in [2.05, 4.69) is 15.5 Å². The zero-order valence-corrected chi connectivity index (χ0v) is 9.86. The normalized spacial score (nSPS) is 10.7. The number of carbonyl (C=O) groups excluding carboxylic acids is 1. The zero-order chi connectivity index (χ0) is 12.5. The third-order valence-electron chi connectivity index (χ3n) is 2.56. The Bertz CT molecular complexity index is 717. The van der Waals surface area contributed by atoms with Crippen molar-refractivity contribution in [3.05, 3.63) is 47.5 Å². The topological polar surface area (TPSA) is 70.9 Å². The number of benzene rings is 1. The van der Waals surface area contributed by atoms with Crippen LogP contribution >= 0.6 is 11.6 Å². The largest absolute Gasteiger partial charge is 0.452 e. The van der Waals surface area contributed by atoms with Crippen LogP contribution in [0.4, 0.5) is 5.69 Å². The molecule has 0 aliphatic rings. The molecule has 0 aliphatic carbocycles. The predicted molar refractivity (Wildman–Crippen MR) is 67.8 cm³/mol. The van der Waals surface area contributed by atoms with E-state index in [1.807, 2.05) is 12.1 Å². The lowest BCUT2D eigenvalue weighted by Gasteiger charge is -2.03. The molecule has 18 heavy (non-hydrogen) atoms. The van der Waals surface area contributed by atoms with Crippen LogP contribution in [0.3, 0.4) is 0 Å². The maximum Gasteiger partial charge on any atom is 0.260 e. The molecule has 0 fully saturated rings. The number of H-pyrrole nitrogens is 1. The van der Waals surface area contributed by atoms with Gasteiger partial charge in [0.25, 0.3) is 5.91 Å². The third kappa shape index (κ3) is 1.84. The summed E-state index contributed by atoms with van der Waals surface area (Å²) in [7, 11) is 0. The number of hydrogen-bond acceptors (Lipinski definition) is 3. The molecule has 1 amide bonds. The number of rotatable bonds is 2. The molecule has 0 saturated heterocycles. The fourth-order valence-electron chi connectivity index (χ4n) is 1.67. The first-order valence-electron chi connectivity index (χ1n) is 5.21. The lowest BCUT2D eigenvalue weighted by molar-refractivity contribution is 0.102. The van der Waals surface area contributed by atoms with Crippen molar-refractivity contribution in [1.82, 2.24) is 10.2 Å². The fourth-order valence-corrected chi connectivity index (χ4v) is 1.87. The average molecular weight is 262 g/mol. The van der Waals surface area contributed by atoms with Crippen LogP contribution in [-0.4, -0.2) is 16.1 Å². The van der Waals surface area contributed by atoms with E-state index in [9.17, 15) is 4.79 Å². The van der Waals surface area contributed by atoms with Gasteiger partial charge in [-0.1, -0.05) is 0 Å². The van der Waals surface area contributed by atoms with Crippen molar-refractivity contribution >= 4 is 34.1 Å². The van der Waals surface area contributed by atoms with Crippen molar-refractivity contribution in [1.29, 1.82) is 0 Å². The van der Waals surface area contributed by atoms with Gasteiger partial charge in [-0.2, -0.15) is 5.10 Å². The van der Waals surface area contributed by atoms with Gasteiger partial charge in [0, 0.05) is 11.1 Å². The van der Waals surface area contributed by atoms with Crippen LogP contribution in [0.15, 0.2) is 41.1 Å². The molecule has 0 unspecified atom stereocenters. The number of anilines is 1. The van der Waals surface area contributed by atoms with Crippen LogP contribution in [0.25, 0.3) is 10.9 Å². The van der Waals surface area contributed by atoms with E-state index >= 15 is 0 Å². The quantitative estimate of drug-likeness (QED) is 0.745. The molecule has 0 radical (unpaired) electrons. The maximum atomic E-state index is 11.9. The summed E-state index contributed by atoms with van der Waals surface area (Å²) >= 11 is 5.74. The summed E-state index contributed by atoms with van der Waals surface area (Å²) in [6, 6.07) is 6.97. The zero-order valence-electron chi connectivity index (χ0n) is 9.11. The van der Waals surface area contributed by atoms with Crippen molar-refractivity contribution in [2.45, 2.75) is 0 Å². The highest BCUT2D eigenvalue weighted by Crippen LogP contribution is 2.20. The summed E-state index contributed by atoms with van der Waals surface area (Å²) in [5, 5.41) is 10.5. The molecule has 0 spiro atoms. The standard InChI is InChI=1S/C12H8ClN3O2/c13-11-9(3-4-18-11)12(17)15-8-1-2-10-7(5-8)6-14-16-10/h1-6H,(H,14,16)(H,15,17). The van der Waals surface area contributed by atoms with E-state index in [0.29, 0.717) is 11.3 Å². The molecule has 90 valence electrons. The molecular formula is C12H8ClN3O2. The SMILES string of the molecule is O=C(Nc1ccc2[nH]ncc2c1)c1ccoc1Cl. The number of amides is 1. The minimum Gasteiger partial charge on any atom is -0.452 e. The highest BCUT2D eigenvalue weighted by Gasteiger charge is 2.13. The number of fused-ring (bicyclic) bond motifs is 1. The second-order valence-electron chi connectivity index (χ2n) is 3.73. The van der Waals surface area contributed by atoms with Gasteiger partial charge < -0.3 is 9.73 Å². The van der Waals surface area contributed by atoms with Crippen molar-refractivity contribution in [3.63, 3.8) is 0 Å². The van der Waals surface area contributed by atoms with Gasteiger partial charge in [0.05, 0.1) is 23.5 Å². The molecule has 1 aromatic carbocycles. The molecule has 0 aliphatic heterocycles. The number of aromatic nitrogens is 2. The van der Waals surface area contributed by atoms with E-state index < -0.39 is 0 Å². The van der Waals surface area contributed by atoms with Gasteiger partial charge in [-0.3, -0.25) is 9.89 Å². The predicted octanol–water partition coefficient (Wildman–Crippen LogP) is 3.06. The fraction of sp³-hybridized carbons (Fsp3) is 0. The monoisotopic (exact) mass is 261 g/mol. The van der Waals surface area contributed by atoms with Crippen molar-refractivity contribution in [2.75, 3.05) is 5.32 Å². The van der Waals surface area contributed by atoms with E-state index in [-0.39, 0.29) is 11.1 Å². The Balaban J connectivity index is 1.88. The molecule has 5 nitrogen and oxygen atoms in total. The van der Waals surface area contributed by atoms with Crippen molar-refractivity contribution < 1.29 is 9.21 Å². The maximum absolute atomic E-state index is 11.9. The first kappa shape index (κ1) is 10.9. The Kier molecular flexibility index (Phi) is 2.53.